The SMILES string of the molecule is Cc1ccc(N2C[C@@H]3OC(=O)N(CCCN4CCOCC4)[C@@H]3C2)nn1. The molecule has 0 radical (unpaired) electrons. The van der Waals surface area contributed by atoms with Crippen LogP contribution >= 0.6 is 0 Å². The minimum absolute atomic E-state index is 0.0704. The number of hydrogen-bond donors (Lipinski definition) is 0. The number of anilines is 1. The summed E-state index contributed by atoms with van der Waals surface area (Å²) in [7, 11) is 0. The van der Waals surface area contributed by atoms with E-state index in [2.05, 4.69) is 20.0 Å². The average molecular weight is 347 g/mol. The number of aryl methyl sites for hydroxylation is 1. The third-order valence-corrected chi connectivity index (χ3v) is 5.21. The van der Waals surface area contributed by atoms with Gasteiger partial charge in [-0.25, -0.2) is 4.79 Å². The van der Waals surface area contributed by atoms with Crippen molar-refractivity contribution >= 4 is 11.9 Å². The zero-order chi connectivity index (χ0) is 17.2. The second-order valence-electron chi connectivity index (χ2n) is 6.93. The molecule has 136 valence electrons. The molecule has 25 heavy (non-hydrogen) atoms. The van der Waals surface area contributed by atoms with Crippen molar-refractivity contribution in [2.24, 2.45) is 0 Å². The fourth-order valence-corrected chi connectivity index (χ4v) is 3.80. The number of hydrogen-bond acceptors (Lipinski definition) is 7. The molecule has 1 aromatic heterocycles. The largest absolute Gasteiger partial charge is 0.442 e. The third-order valence-electron chi connectivity index (χ3n) is 5.21. The highest BCUT2D eigenvalue weighted by Gasteiger charge is 2.47. The molecule has 0 N–H and O–H groups in total. The Balaban J connectivity index is 1.32. The van der Waals surface area contributed by atoms with Crippen LogP contribution < -0.4 is 4.90 Å². The third kappa shape index (κ3) is 3.55. The summed E-state index contributed by atoms with van der Waals surface area (Å²) >= 11 is 0. The summed E-state index contributed by atoms with van der Waals surface area (Å²) in [4.78, 5) is 18.6. The molecule has 0 saturated carbocycles. The number of amides is 1. The number of ether oxygens (including phenoxy) is 2. The number of morpholine rings is 1. The van der Waals surface area contributed by atoms with Gasteiger partial charge >= 0.3 is 6.09 Å². The Bertz CT molecular complexity index is 605. The number of fused-ring (bicyclic) bond motifs is 1. The standard InChI is InChI=1S/C17H25N5O3/c1-13-3-4-16(19-18-13)21-11-14-15(12-21)25-17(23)22(14)6-2-5-20-7-9-24-10-8-20/h3-4,14-15H,2,5-12H2,1H3/t14-,15+/m1/s1. The fraction of sp³-hybridized carbons (Fsp3) is 0.706. The lowest BCUT2D eigenvalue weighted by Gasteiger charge is -2.28. The highest BCUT2D eigenvalue weighted by atomic mass is 16.6. The van der Waals surface area contributed by atoms with Crippen LogP contribution in [-0.4, -0.2) is 90.7 Å². The molecular formula is C17H25N5O3. The van der Waals surface area contributed by atoms with Crippen LogP contribution in [0, 0.1) is 6.92 Å². The molecule has 3 fully saturated rings. The summed E-state index contributed by atoms with van der Waals surface area (Å²) in [5.41, 5.74) is 0.902. The zero-order valence-corrected chi connectivity index (χ0v) is 14.6. The second-order valence-corrected chi connectivity index (χ2v) is 6.93. The van der Waals surface area contributed by atoms with Crippen LogP contribution in [0.25, 0.3) is 0 Å². The molecule has 2 atom stereocenters. The molecule has 1 amide bonds. The van der Waals surface area contributed by atoms with Gasteiger partial charge in [0.15, 0.2) is 5.82 Å². The first kappa shape index (κ1) is 16.5. The van der Waals surface area contributed by atoms with E-state index in [-0.39, 0.29) is 18.2 Å². The van der Waals surface area contributed by atoms with Crippen molar-refractivity contribution in [3.8, 4) is 0 Å². The van der Waals surface area contributed by atoms with Crippen molar-refractivity contribution in [3.05, 3.63) is 17.8 Å². The van der Waals surface area contributed by atoms with E-state index in [1.165, 1.54) is 0 Å². The maximum Gasteiger partial charge on any atom is 0.410 e. The van der Waals surface area contributed by atoms with E-state index in [0.717, 1.165) is 63.9 Å². The molecule has 8 heteroatoms. The maximum absolute atomic E-state index is 12.2. The molecule has 8 nitrogen and oxygen atoms in total. The van der Waals surface area contributed by atoms with Crippen molar-refractivity contribution in [1.82, 2.24) is 20.0 Å². The topological polar surface area (TPSA) is 71.0 Å². The van der Waals surface area contributed by atoms with E-state index in [9.17, 15) is 4.79 Å². The van der Waals surface area contributed by atoms with Gasteiger partial charge in [-0.1, -0.05) is 0 Å². The Hall–Kier alpha value is -1.93. The Kier molecular flexibility index (Phi) is 4.72. The van der Waals surface area contributed by atoms with Crippen LogP contribution in [0.1, 0.15) is 12.1 Å². The van der Waals surface area contributed by atoms with Gasteiger partial charge in [0.1, 0.15) is 6.10 Å². The van der Waals surface area contributed by atoms with Gasteiger partial charge in [-0.05, 0) is 25.5 Å². The summed E-state index contributed by atoms with van der Waals surface area (Å²) in [6, 6.07) is 4.05. The van der Waals surface area contributed by atoms with Gasteiger partial charge in [0.25, 0.3) is 0 Å². The molecule has 4 rings (SSSR count). The van der Waals surface area contributed by atoms with E-state index in [1.54, 1.807) is 0 Å². The van der Waals surface area contributed by atoms with Crippen molar-refractivity contribution in [3.63, 3.8) is 0 Å². The second kappa shape index (κ2) is 7.13. The predicted octanol–water partition coefficient (Wildman–Crippen LogP) is 0.517. The minimum Gasteiger partial charge on any atom is -0.442 e. The molecule has 0 aromatic carbocycles. The van der Waals surface area contributed by atoms with Crippen LogP contribution in [0.3, 0.4) is 0 Å². The number of rotatable bonds is 5. The first-order valence-electron chi connectivity index (χ1n) is 9.03. The highest BCUT2D eigenvalue weighted by Crippen LogP contribution is 2.29. The monoisotopic (exact) mass is 347 g/mol. The summed E-state index contributed by atoms with van der Waals surface area (Å²) in [6.45, 7) is 8.69. The normalized spacial score (nSPS) is 26.8. The maximum atomic E-state index is 12.2. The summed E-state index contributed by atoms with van der Waals surface area (Å²) < 4.78 is 11.0. The Morgan fingerprint density at radius 1 is 1.16 bits per heavy atom. The highest BCUT2D eigenvalue weighted by molar-refractivity contribution is 5.71. The lowest BCUT2D eigenvalue weighted by molar-refractivity contribution is 0.0363. The molecule has 0 spiro atoms. The van der Waals surface area contributed by atoms with Crippen molar-refractivity contribution in [2.75, 3.05) is 57.4 Å². The lowest BCUT2D eigenvalue weighted by atomic mass is 10.2. The number of aromatic nitrogens is 2. The average Bonchev–Trinajstić information content (AvgIpc) is 3.15. The Labute approximate surface area is 147 Å². The zero-order valence-electron chi connectivity index (χ0n) is 14.6. The molecule has 0 unspecified atom stereocenters. The van der Waals surface area contributed by atoms with E-state index in [1.807, 2.05) is 24.0 Å². The molecular weight excluding hydrogens is 322 g/mol. The molecule has 4 heterocycles. The van der Waals surface area contributed by atoms with Gasteiger partial charge in [0.2, 0.25) is 0 Å². The van der Waals surface area contributed by atoms with E-state index in [4.69, 9.17) is 9.47 Å². The lowest BCUT2D eigenvalue weighted by Crippen LogP contribution is -2.41. The van der Waals surface area contributed by atoms with Gasteiger partial charge in [-0.3, -0.25) is 9.80 Å². The van der Waals surface area contributed by atoms with Gasteiger partial charge in [-0.15, -0.1) is 5.10 Å². The van der Waals surface area contributed by atoms with Crippen LogP contribution in [0.4, 0.5) is 10.6 Å². The predicted molar refractivity (Wildman–Crippen MR) is 91.6 cm³/mol. The first-order valence-corrected chi connectivity index (χ1v) is 9.03. The van der Waals surface area contributed by atoms with Crippen LogP contribution in [0.5, 0.6) is 0 Å². The Morgan fingerprint density at radius 2 is 2.00 bits per heavy atom. The number of nitrogens with zero attached hydrogens (tertiary/aromatic N) is 5. The van der Waals surface area contributed by atoms with Crippen LogP contribution in [0.15, 0.2) is 12.1 Å². The molecule has 1 aromatic rings. The quantitative estimate of drug-likeness (QED) is 0.769. The summed E-state index contributed by atoms with van der Waals surface area (Å²) in [5.74, 6) is 0.851. The minimum atomic E-state index is -0.174. The molecule has 3 aliphatic rings. The molecule has 3 saturated heterocycles. The number of carbonyl (C=O) groups is 1. The molecule has 3 aliphatic heterocycles. The van der Waals surface area contributed by atoms with Gasteiger partial charge in [0.05, 0.1) is 31.5 Å². The summed E-state index contributed by atoms with van der Waals surface area (Å²) in [5, 5.41) is 8.38. The van der Waals surface area contributed by atoms with E-state index in [0.29, 0.717) is 6.54 Å². The van der Waals surface area contributed by atoms with E-state index >= 15 is 0 Å². The van der Waals surface area contributed by atoms with Crippen molar-refractivity contribution < 1.29 is 14.3 Å². The summed E-state index contributed by atoms with van der Waals surface area (Å²) in [6.07, 6.45) is 0.716. The number of carbonyl (C=O) groups excluding carboxylic acids is 1. The van der Waals surface area contributed by atoms with Gasteiger partial charge in [0, 0.05) is 32.7 Å². The van der Waals surface area contributed by atoms with Gasteiger partial charge in [-0.2, -0.15) is 5.10 Å². The molecule has 0 bridgehead atoms. The van der Waals surface area contributed by atoms with Gasteiger partial charge < -0.3 is 14.4 Å². The molecule has 0 aliphatic carbocycles. The Morgan fingerprint density at radius 3 is 2.76 bits per heavy atom. The van der Waals surface area contributed by atoms with Crippen LogP contribution in [-0.2, 0) is 9.47 Å². The van der Waals surface area contributed by atoms with E-state index < -0.39 is 0 Å². The smallest absolute Gasteiger partial charge is 0.410 e. The van der Waals surface area contributed by atoms with Crippen LogP contribution in [0.2, 0.25) is 0 Å². The fourth-order valence-electron chi connectivity index (χ4n) is 3.80. The first-order chi connectivity index (χ1) is 12.2. The van der Waals surface area contributed by atoms with Crippen molar-refractivity contribution in [1.29, 1.82) is 0 Å². The van der Waals surface area contributed by atoms with Crippen molar-refractivity contribution in [2.45, 2.75) is 25.5 Å².